The minimum absolute atomic E-state index is 0.0734. The molecule has 2 atom stereocenters. The predicted molar refractivity (Wildman–Crippen MR) is 87.3 cm³/mol. The Morgan fingerprint density at radius 3 is 2.57 bits per heavy atom. The monoisotopic (exact) mass is 326 g/mol. The molecule has 1 aliphatic carbocycles. The molecule has 23 heavy (non-hydrogen) atoms. The summed E-state index contributed by atoms with van der Waals surface area (Å²) in [5.41, 5.74) is 0. The number of nitrogens with zero attached hydrogens (tertiary/aromatic N) is 1. The standard InChI is InChI=1S/C17H30N2O4/c1-12(2)10-23-11-13-7-8-19(9-13)17(22)18-15(16(20)21)14-5-3-4-6-14/h12-15H,3-11H2,1-2H3,(H,18,22)(H,20,21)/t13?,15-/m0/s1. The highest BCUT2D eigenvalue weighted by atomic mass is 16.5. The topological polar surface area (TPSA) is 78.9 Å². The lowest BCUT2D eigenvalue weighted by Crippen LogP contribution is -2.50. The summed E-state index contributed by atoms with van der Waals surface area (Å²) >= 11 is 0. The summed E-state index contributed by atoms with van der Waals surface area (Å²) in [5.74, 6) is 0.0262. The SMILES string of the molecule is CC(C)COCC1CCN(C(=O)N[C@H](C(=O)O)C2CCCC2)C1. The fraction of sp³-hybridized carbons (Fsp3) is 0.882. The van der Waals surface area contributed by atoms with Crippen molar-refractivity contribution in [2.45, 2.75) is 52.0 Å². The average Bonchev–Trinajstić information content (AvgIpc) is 3.15. The molecule has 1 saturated carbocycles. The third-order valence-electron chi connectivity index (χ3n) is 4.79. The van der Waals surface area contributed by atoms with Gasteiger partial charge in [-0.05, 0) is 31.1 Å². The Kier molecular flexibility index (Phi) is 6.69. The molecule has 132 valence electrons. The molecule has 0 aromatic heterocycles. The highest BCUT2D eigenvalue weighted by Crippen LogP contribution is 2.28. The van der Waals surface area contributed by atoms with Crippen LogP contribution in [0.1, 0.15) is 46.0 Å². The zero-order chi connectivity index (χ0) is 16.8. The smallest absolute Gasteiger partial charge is 0.326 e. The van der Waals surface area contributed by atoms with E-state index >= 15 is 0 Å². The van der Waals surface area contributed by atoms with Crippen LogP contribution in [0.15, 0.2) is 0 Å². The molecule has 2 rings (SSSR count). The number of nitrogens with one attached hydrogen (secondary N) is 1. The molecule has 0 radical (unpaired) electrons. The van der Waals surface area contributed by atoms with Gasteiger partial charge in [-0.15, -0.1) is 0 Å². The second-order valence-corrected chi connectivity index (χ2v) is 7.34. The Hall–Kier alpha value is -1.30. The first-order valence-electron chi connectivity index (χ1n) is 8.83. The van der Waals surface area contributed by atoms with Crippen molar-refractivity contribution in [3.63, 3.8) is 0 Å². The molecule has 2 aliphatic rings. The molecule has 0 aromatic rings. The van der Waals surface area contributed by atoms with E-state index in [9.17, 15) is 14.7 Å². The Morgan fingerprint density at radius 2 is 1.96 bits per heavy atom. The second kappa shape index (κ2) is 8.52. The van der Waals surface area contributed by atoms with Crippen molar-refractivity contribution in [3.8, 4) is 0 Å². The fourth-order valence-corrected chi connectivity index (χ4v) is 3.52. The lowest BCUT2D eigenvalue weighted by atomic mass is 9.98. The van der Waals surface area contributed by atoms with Gasteiger partial charge in [-0.3, -0.25) is 0 Å². The quantitative estimate of drug-likeness (QED) is 0.752. The Labute approximate surface area is 138 Å². The molecular formula is C17H30N2O4. The molecular weight excluding hydrogens is 296 g/mol. The van der Waals surface area contributed by atoms with Gasteiger partial charge >= 0.3 is 12.0 Å². The molecule has 6 heteroatoms. The van der Waals surface area contributed by atoms with Crippen LogP contribution in [0.4, 0.5) is 4.79 Å². The van der Waals surface area contributed by atoms with Gasteiger partial charge in [0.15, 0.2) is 0 Å². The summed E-state index contributed by atoms with van der Waals surface area (Å²) in [6.45, 7) is 6.98. The van der Waals surface area contributed by atoms with Crippen molar-refractivity contribution in [2.75, 3.05) is 26.3 Å². The van der Waals surface area contributed by atoms with E-state index < -0.39 is 12.0 Å². The van der Waals surface area contributed by atoms with E-state index in [4.69, 9.17) is 4.74 Å². The second-order valence-electron chi connectivity index (χ2n) is 7.34. The maximum absolute atomic E-state index is 12.4. The van der Waals surface area contributed by atoms with Crippen molar-refractivity contribution in [1.82, 2.24) is 10.2 Å². The van der Waals surface area contributed by atoms with E-state index in [1.165, 1.54) is 0 Å². The molecule has 0 aromatic carbocycles. The highest BCUT2D eigenvalue weighted by molar-refractivity contribution is 5.83. The van der Waals surface area contributed by atoms with Crippen molar-refractivity contribution >= 4 is 12.0 Å². The van der Waals surface area contributed by atoms with Gasteiger partial charge in [-0.1, -0.05) is 26.7 Å². The normalized spacial score (nSPS) is 23.4. The Balaban J connectivity index is 1.77. The van der Waals surface area contributed by atoms with Crippen LogP contribution in [0.25, 0.3) is 0 Å². The summed E-state index contributed by atoms with van der Waals surface area (Å²) < 4.78 is 5.66. The van der Waals surface area contributed by atoms with Gasteiger partial charge in [0, 0.05) is 25.6 Å². The maximum Gasteiger partial charge on any atom is 0.326 e. The summed E-state index contributed by atoms with van der Waals surface area (Å²) in [5, 5.41) is 12.1. The van der Waals surface area contributed by atoms with E-state index in [1.807, 2.05) is 0 Å². The summed E-state index contributed by atoms with van der Waals surface area (Å²) in [7, 11) is 0. The van der Waals surface area contributed by atoms with Crippen molar-refractivity contribution in [3.05, 3.63) is 0 Å². The van der Waals surface area contributed by atoms with Crippen LogP contribution in [-0.4, -0.2) is 54.4 Å². The lowest BCUT2D eigenvalue weighted by Gasteiger charge is -2.24. The zero-order valence-corrected chi connectivity index (χ0v) is 14.3. The Bertz CT molecular complexity index is 407. The first-order valence-corrected chi connectivity index (χ1v) is 8.83. The molecule has 0 spiro atoms. The molecule has 2 amide bonds. The number of aliphatic carboxylic acids is 1. The van der Waals surface area contributed by atoms with Crippen LogP contribution < -0.4 is 5.32 Å². The van der Waals surface area contributed by atoms with E-state index in [0.29, 0.717) is 31.5 Å². The highest BCUT2D eigenvalue weighted by Gasteiger charge is 2.34. The zero-order valence-electron chi connectivity index (χ0n) is 14.3. The first kappa shape index (κ1) is 18.0. The van der Waals surface area contributed by atoms with E-state index in [1.54, 1.807) is 4.90 Å². The number of ether oxygens (including phenoxy) is 1. The molecule has 1 unspecified atom stereocenters. The largest absolute Gasteiger partial charge is 0.480 e. The van der Waals surface area contributed by atoms with Gasteiger partial charge < -0.3 is 20.1 Å². The first-order chi connectivity index (χ1) is 11.0. The van der Waals surface area contributed by atoms with Gasteiger partial charge in [0.2, 0.25) is 0 Å². The number of hydrogen-bond acceptors (Lipinski definition) is 3. The van der Waals surface area contributed by atoms with Gasteiger partial charge in [-0.2, -0.15) is 0 Å². The van der Waals surface area contributed by atoms with Gasteiger partial charge in [0.1, 0.15) is 6.04 Å². The summed E-state index contributed by atoms with van der Waals surface area (Å²) in [4.78, 5) is 25.5. The number of hydrogen-bond donors (Lipinski definition) is 2. The van der Waals surface area contributed by atoms with Crippen LogP contribution in [0.2, 0.25) is 0 Å². The maximum atomic E-state index is 12.4. The minimum Gasteiger partial charge on any atom is -0.480 e. The van der Waals surface area contributed by atoms with Gasteiger partial charge in [0.05, 0.1) is 6.61 Å². The van der Waals surface area contributed by atoms with Crippen LogP contribution in [0.5, 0.6) is 0 Å². The van der Waals surface area contributed by atoms with Crippen LogP contribution in [0, 0.1) is 17.8 Å². The summed E-state index contributed by atoms with van der Waals surface area (Å²) in [6.07, 6.45) is 4.82. The molecule has 0 bridgehead atoms. The number of carboxylic acid groups (broad SMARTS) is 1. The van der Waals surface area contributed by atoms with E-state index in [0.717, 1.165) is 38.7 Å². The molecule has 1 saturated heterocycles. The number of amides is 2. The minimum atomic E-state index is -0.915. The molecule has 1 aliphatic heterocycles. The van der Waals surface area contributed by atoms with Crippen molar-refractivity contribution < 1.29 is 19.4 Å². The third-order valence-corrected chi connectivity index (χ3v) is 4.79. The van der Waals surface area contributed by atoms with Crippen molar-refractivity contribution in [1.29, 1.82) is 0 Å². The van der Waals surface area contributed by atoms with Crippen LogP contribution >= 0.6 is 0 Å². The third kappa shape index (κ3) is 5.37. The van der Waals surface area contributed by atoms with E-state index in [2.05, 4.69) is 19.2 Å². The summed E-state index contributed by atoms with van der Waals surface area (Å²) in [6, 6.07) is -0.989. The fourth-order valence-electron chi connectivity index (χ4n) is 3.52. The molecule has 6 nitrogen and oxygen atoms in total. The number of rotatable bonds is 7. The molecule has 2 fully saturated rings. The number of likely N-dealkylation sites (tertiary alicyclic amines) is 1. The van der Waals surface area contributed by atoms with Crippen molar-refractivity contribution in [2.24, 2.45) is 17.8 Å². The number of urea groups is 1. The molecule has 1 heterocycles. The lowest BCUT2D eigenvalue weighted by molar-refractivity contribution is -0.140. The number of carbonyl (C=O) groups excluding carboxylic acids is 1. The van der Waals surface area contributed by atoms with Crippen LogP contribution in [0.3, 0.4) is 0 Å². The van der Waals surface area contributed by atoms with E-state index in [-0.39, 0.29) is 11.9 Å². The van der Waals surface area contributed by atoms with Gasteiger partial charge in [0.25, 0.3) is 0 Å². The number of carbonyl (C=O) groups is 2. The van der Waals surface area contributed by atoms with Gasteiger partial charge in [-0.25, -0.2) is 9.59 Å². The predicted octanol–water partition coefficient (Wildman–Crippen LogP) is 2.33. The average molecular weight is 326 g/mol. The Morgan fingerprint density at radius 1 is 1.26 bits per heavy atom. The molecule has 2 N–H and O–H groups in total. The number of carboxylic acids is 1. The van der Waals surface area contributed by atoms with Crippen LogP contribution in [-0.2, 0) is 9.53 Å².